The molecule has 5 nitrogen and oxygen atoms in total. The zero-order valence-electron chi connectivity index (χ0n) is 15.1. The number of pyridine rings is 1. The van der Waals surface area contributed by atoms with E-state index < -0.39 is 0 Å². The lowest BCUT2D eigenvalue weighted by atomic mass is 9.99. The van der Waals surface area contributed by atoms with E-state index in [0.717, 1.165) is 12.0 Å². The summed E-state index contributed by atoms with van der Waals surface area (Å²) >= 11 is 5.95. The van der Waals surface area contributed by atoms with E-state index in [-0.39, 0.29) is 17.5 Å². The molecule has 6 heteroatoms. The van der Waals surface area contributed by atoms with Crippen LogP contribution in [0.1, 0.15) is 32.0 Å². The summed E-state index contributed by atoms with van der Waals surface area (Å²) in [5.74, 6) is -0.491. The number of rotatable bonds is 3. The van der Waals surface area contributed by atoms with Crippen LogP contribution in [0.5, 0.6) is 0 Å². The molecule has 0 atom stereocenters. The largest absolute Gasteiger partial charge is 0.334 e. The molecule has 0 fully saturated rings. The van der Waals surface area contributed by atoms with Gasteiger partial charge in [-0.05, 0) is 47.9 Å². The first-order valence-corrected chi connectivity index (χ1v) is 9.37. The Balaban J connectivity index is 1.50. The molecule has 0 saturated heterocycles. The monoisotopic (exact) mass is 391 g/mol. The van der Waals surface area contributed by atoms with Gasteiger partial charge in [-0.1, -0.05) is 41.9 Å². The number of fused-ring (bicyclic) bond motifs is 1. The van der Waals surface area contributed by atoms with Crippen LogP contribution < -0.4 is 5.32 Å². The highest BCUT2D eigenvalue weighted by atomic mass is 35.5. The number of carbonyl (C=O) groups excluding carboxylic acids is 2. The fraction of sp³-hybridized carbons (Fsp3) is 0.136. The average molecular weight is 392 g/mol. The zero-order chi connectivity index (χ0) is 19.5. The summed E-state index contributed by atoms with van der Waals surface area (Å²) in [4.78, 5) is 31.3. The molecule has 0 bridgehead atoms. The lowest BCUT2D eigenvalue weighted by Gasteiger charge is -2.29. The maximum Gasteiger partial charge on any atom is 0.274 e. The Morgan fingerprint density at radius 1 is 1.00 bits per heavy atom. The van der Waals surface area contributed by atoms with E-state index >= 15 is 0 Å². The van der Waals surface area contributed by atoms with Gasteiger partial charge in [-0.2, -0.15) is 0 Å². The van der Waals surface area contributed by atoms with Crippen molar-refractivity contribution in [3.8, 4) is 0 Å². The smallest absolute Gasteiger partial charge is 0.274 e. The second-order valence-corrected chi connectivity index (χ2v) is 7.08. The van der Waals surface area contributed by atoms with E-state index in [9.17, 15) is 9.59 Å². The molecule has 28 heavy (non-hydrogen) atoms. The van der Waals surface area contributed by atoms with E-state index in [4.69, 9.17) is 11.6 Å². The van der Waals surface area contributed by atoms with Crippen LogP contribution in [0.4, 0.5) is 5.69 Å². The summed E-state index contributed by atoms with van der Waals surface area (Å²) in [6.45, 7) is 1.23. The minimum Gasteiger partial charge on any atom is -0.334 e. The quantitative estimate of drug-likeness (QED) is 0.728. The molecule has 1 aliphatic heterocycles. The molecule has 2 heterocycles. The summed E-state index contributed by atoms with van der Waals surface area (Å²) in [5.41, 5.74) is 3.65. The number of nitrogens with one attached hydrogen (secondary N) is 1. The number of anilines is 1. The Morgan fingerprint density at radius 3 is 2.64 bits per heavy atom. The molecule has 2 aromatic carbocycles. The SMILES string of the molecule is O=C(Nc1cccc(Cl)c1)c1cc(C(=O)N2CCc3ccccc3C2)ccn1. The number of benzene rings is 2. The first-order valence-electron chi connectivity index (χ1n) is 8.99. The predicted molar refractivity (Wildman–Crippen MR) is 109 cm³/mol. The van der Waals surface area contributed by atoms with E-state index in [0.29, 0.717) is 29.4 Å². The Morgan fingerprint density at radius 2 is 1.82 bits per heavy atom. The number of nitrogens with zero attached hydrogens (tertiary/aromatic N) is 2. The highest BCUT2D eigenvalue weighted by molar-refractivity contribution is 6.30. The van der Waals surface area contributed by atoms with Crippen LogP contribution in [0.2, 0.25) is 5.02 Å². The third kappa shape index (κ3) is 3.89. The van der Waals surface area contributed by atoms with Crippen molar-refractivity contribution < 1.29 is 9.59 Å². The maximum atomic E-state index is 12.9. The van der Waals surface area contributed by atoms with Gasteiger partial charge in [0.25, 0.3) is 11.8 Å². The number of halogens is 1. The van der Waals surface area contributed by atoms with Gasteiger partial charge < -0.3 is 10.2 Å². The van der Waals surface area contributed by atoms with Crippen LogP contribution >= 0.6 is 11.6 Å². The first kappa shape index (κ1) is 18.2. The first-order chi connectivity index (χ1) is 13.6. The predicted octanol–water partition coefficient (Wildman–Crippen LogP) is 4.19. The van der Waals surface area contributed by atoms with E-state index in [1.807, 2.05) is 18.2 Å². The van der Waals surface area contributed by atoms with Crippen molar-refractivity contribution in [1.29, 1.82) is 0 Å². The molecule has 3 aromatic rings. The molecule has 140 valence electrons. The number of hydrogen-bond acceptors (Lipinski definition) is 3. The van der Waals surface area contributed by atoms with Crippen LogP contribution in [0.25, 0.3) is 0 Å². The number of aromatic nitrogens is 1. The Hall–Kier alpha value is -3.18. The molecule has 2 amide bonds. The van der Waals surface area contributed by atoms with Crippen LogP contribution in [-0.4, -0.2) is 28.2 Å². The van der Waals surface area contributed by atoms with Gasteiger partial charge in [-0.3, -0.25) is 14.6 Å². The topological polar surface area (TPSA) is 62.3 Å². The molecule has 4 rings (SSSR count). The zero-order valence-corrected chi connectivity index (χ0v) is 15.8. The Labute approximate surface area is 168 Å². The van der Waals surface area contributed by atoms with Gasteiger partial charge in [0.05, 0.1) is 0 Å². The lowest BCUT2D eigenvalue weighted by molar-refractivity contribution is 0.0734. The number of hydrogen-bond donors (Lipinski definition) is 1. The molecule has 1 N–H and O–H groups in total. The minimum atomic E-state index is -0.388. The summed E-state index contributed by atoms with van der Waals surface area (Å²) in [6, 6.07) is 18.2. The van der Waals surface area contributed by atoms with E-state index in [1.165, 1.54) is 17.8 Å². The van der Waals surface area contributed by atoms with Crippen molar-refractivity contribution in [2.24, 2.45) is 0 Å². The van der Waals surface area contributed by atoms with E-state index in [1.54, 1.807) is 35.2 Å². The molecule has 1 aromatic heterocycles. The second-order valence-electron chi connectivity index (χ2n) is 6.64. The third-order valence-electron chi connectivity index (χ3n) is 4.74. The highest BCUT2D eigenvalue weighted by Gasteiger charge is 2.22. The van der Waals surface area contributed by atoms with Crippen molar-refractivity contribution >= 4 is 29.1 Å². The third-order valence-corrected chi connectivity index (χ3v) is 4.97. The molecule has 0 spiro atoms. The van der Waals surface area contributed by atoms with Gasteiger partial charge in [0.1, 0.15) is 5.69 Å². The minimum absolute atomic E-state index is 0.103. The van der Waals surface area contributed by atoms with E-state index in [2.05, 4.69) is 16.4 Å². The molecular weight excluding hydrogens is 374 g/mol. The molecule has 1 aliphatic rings. The second kappa shape index (κ2) is 7.82. The fourth-order valence-electron chi connectivity index (χ4n) is 3.30. The number of carbonyl (C=O) groups is 2. The van der Waals surface area contributed by atoms with Gasteiger partial charge in [-0.15, -0.1) is 0 Å². The van der Waals surface area contributed by atoms with Gasteiger partial charge in [-0.25, -0.2) is 0 Å². The van der Waals surface area contributed by atoms with Crippen molar-refractivity contribution in [3.63, 3.8) is 0 Å². The standard InChI is InChI=1S/C22H18ClN3O2/c23-18-6-3-7-19(13-18)25-21(27)20-12-16(8-10-24-20)22(28)26-11-9-15-4-1-2-5-17(15)14-26/h1-8,10,12-13H,9,11,14H2,(H,25,27). The Bertz CT molecular complexity index is 1050. The molecule has 0 saturated carbocycles. The molecular formula is C22H18ClN3O2. The summed E-state index contributed by atoms with van der Waals surface area (Å²) in [7, 11) is 0. The lowest BCUT2D eigenvalue weighted by Crippen LogP contribution is -2.36. The highest BCUT2D eigenvalue weighted by Crippen LogP contribution is 2.21. The van der Waals surface area contributed by atoms with Crippen molar-refractivity contribution in [3.05, 3.63) is 94.3 Å². The summed E-state index contributed by atoms with van der Waals surface area (Å²) < 4.78 is 0. The normalized spacial score (nSPS) is 13.0. The van der Waals surface area contributed by atoms with Gasteiger partial charge in [0.15, 0.2) is 0 Å². The maximum absolute atomic E-state index is 12.9. The molecule has 0 radical (unpaired) electrons. The number of amides is 2. The molecule has 0 aliphatic carbocycles. The molecule has 0 unspecified atom stereocenters. The van der Waals surface area contributed by atoms with Crippen molar-refractivity contribution in [1.82, 2.24) is 9.88 Å². The summed E-state index contributed by atoms with van der Waals surface area (Å²) in [5, 5.41) is 3.27. The summed E-state index contributed by atoms with van der Waals surface area (Å²) in [6.07, 6.45) is 2.31. The van der Waals surface area contributed by atoms with Crippen molar-refractivity contribution in [2.45, 2.75) is 13.0 Å². The van der Waals surface area contributed by atoms with Crippen LogP contribution in [0.15, 0.2) is 66.9 Å². The van der Waals surface area contributed by atoms with Crippen LogP contribution in [-0.2, 0) is 13.0 Å². The van der Waals surface area contributed by atoms with Crippen LogP contribution in [0.3, 0.4) is 0 Å². The van der Waals surface area contributed by atoms with Gasteiger partial charge >= 0.3 is 0 Å². The average Bonchev–Trinajstić information content (AvgIpc) is 2.73. The fourth-order valence-corrected chi connectivity index (χ4v) is 3.49. The van der Waals surface area contributed by atoms with Crippen molar-refractivity contribution in [2.75, 3.05) is 11.9 Å². The van der Waals surface area contributed by atoms with Gasteiger partial charge in [0, 0.05) is 35.6 Å². The van der Waals surface area contributed by atoms with Gasteiger partial charge in [0.2, 0.25) is 0 Å². The van der Waals surface area contributed by atoms with Crippen LogP contribution in [0, 0.1) is 0 Å². The Kier molecular flexibility index (Phi) is 5.08.